The Bertz CT molecular complexity index is 621. The summed E-state index contributed by atoms with van der Waals surface area (Å²) in [7, 11) is 0. The van der Waals surface area contributed by atoms with E-state index in [-0.39, 0.29) is 13.2 Å². The summed E-state index contributed by atoms with van der Waals surface area (Å²) in [4.78, 5) is 23.4. The van der Waals surface area contributed by atoms with Crippen molar-refractivity contribution < 1.29 is 36.6 Å². The van der Waals surface area contributed by atoms with Crippen molar-refractivity contribution in [2.75, 3.05) is 18.5 Å². The van der Waals surface area contributed by atoms with E-state index in [1.807, 2.05) is 0 Å². The second kappa shape index (κ2) is 8.32. The molecular formula is C15H15F4NO4. The molecule has 0 aromatic heterocycles. The van der Waals surface area contributed by atoms with Crippen molar-refractivity contribution in [3.8, 4) is 0 Å². The molecular weight excluding hydrogens is 334 g/mol. The minimum absolute atomic E-state index is 0.0342. The molecule has 132 valence electrons. The van der Waals surface area contributed by atoms with Gasteiger partial charge in [-0.15, -0.1) is 0 Å². The Hall–Kier alpha value is -2.58. The molecule has 0 atom stereocenters. The van der Waals surface area contributed by atoms with Gasteiger partial charge in [0.1, 0.15) is 5.82 Å². The van der Waals surface area contributed by atoms with Crippen LogP contribution < -0.4 is 5.32 Å². The van der Waals surface area contributed by atoms with Crippen molar-refractivity contribution >= 4 is 17.6 Å². The first-order valence-electron chi connectivity index (χ1n) is 6.88. The Balaban J connectivity index is 3.12. The SMILES string of the molecule is CCOC(=O)C(=CNc1cc(C(F)(F)F)ccc1F)C(=O)OCC. The van der Waals surface area contributed by atoms with Crippen LogP contribution in [0.5, 0.6) is 0 Å². The molecule has 24 heavy (non-hydrogen) atoms. The van der Waals surface area contributed by atoms with Crippen molar-refractivity contribution in [2.24, 2.45) is 0 Å². The maximum atomic E-state index is 13.6. The predicted octanol–water partition coefficient (Wildman–Crippen LogP) is 3.27. The summed E-state index contributed by atoms with van der Waals surface area (Å²) < 4.78 is 60.8. The molecule has 0 spiro atoms. The van der Waals surface area contributed by atoms with Gasteiger partial charge in [0, 0.05) is 6.20 Å². The molecule has 9 heteroatoms. The van der Waals surface area contributed by atoms with Crippen LogP contribution in [0.1, 0.15) is 19.4 Å². The number of hydrogen-bond donors (Lipinski definition) is 1. The van der Waals surface area contributed by atoms with Gasteiger partial charge in [0.2, 0.25) is 0 Å². The van der Waals surface area contributed by atoms with Gasteiger partial charge in [-0.1, -0.05) is 0 Å². The number of rotatable bonds is 6. The highest BCUT2D eigenvalue weighted by molar-refractivity contribution is 6.14. The van der Waals surface area contributed by atoms with Crippen LogP contribution in [0.2, 0.25) is 0 Å². The zero-order valence-corrected chi connectivity index (χ0v) is 12.9. The van der Waals surface area contributed by atoms with Crippen LogP contribution in [0.4, 0.5) is 23.2 Å². The van der Waals surface area contributed by atoms with Gasteiger partial charge in [-0.05, 0) is 32.0 Å². The molecule has 0 aliphatic heterocycles. The normalized spacial score (nSPS) is 10.8. The molecule has 0 bridgehead atoms. The molecule has 0 radical (unpaired) electrons. The smallest absolute Gasteiger partial charge is 0.416 e. The zero-order chi connectivity index (χ0) is 18.3. The van der Waals surface area contributed by atoms with Crippen LogP contribution in [-0.4, -0.2) is 25.2 Å². The Morgan fingerprint density at radius 3 is 2.12 bits per heavy atom. The summed E-state index contributed by atoms with van der Waals surface area (Å²) >= 11 is 0. The summed E-state index contributed by atoms with van der Waals surface area (Å²) in [6.07, 6.45) is -3.92. The highest BCUT2D eigenvalue weighted by Crippen LogP contribution is 2.31. The maximum absolute atomic E-state index is 13.6. The molecule has 1 N–H and O–H groups in total. The first kappa shape index (κ1) is 19.5. The molecule has 0 saturated carbocycles. The van der Waals surface area contributed by atoms with Gasteiger partial charge < -0.3 is 14.8 Å². The maximum Gasteiger partial charge on any atom is 0.416 e. The largest absolute Gasteiger partial charge is 0.462 e. The van der Waals surface area contributed by atoms with Crippen LogP contribution in [0.3, 0.4) is 0 Å². The first-order chi connectivity index (χ1) is 11.2. The summed E-state index contributed by atoms with van der Waals surface area (Å²) in [5.74, 6) is -3.09. The van der Waals surface area contributed by atoms with E-state index in [4.69, 9.17) is 0 Å². The number of esters is 2. The highest BCUT2D eigenvalue weighted by Gasteiger charge is 2.31. The molecule has 0 fully saturated rings. The van der Waals surface area contributed by atoms with Crippen molar-refractivity contribution in [3.05, 3.63) is 41.4 Å². The quantitative estimate of drug-likeness (QED) is 0.281. The number of anilines is 1. The van der Waals surface area contributed by atoms with E-state index >= 15 is 0 Å². The summed E-state index contributed by atoms with van der Waals surface area (Å²) in [6.45, 7) is 2.93. The second-order valence-corrected chi connectivity index (χ2v) is 4.34. The molecule has 1 aromatic carbocycles. The summed E-state index contributed by atoms with van der Waals surface area (Å²) in [5.41, 5.74) is -2.25. The lowest BCUT2D eigenvalue weighted by Gasteiger charge is -2.11. The topological polar surface area (TPSA) is 64.6 Å². The fourth-order valence-electron chi connectivity index (χ4n) is 1.58. The van der Waals surface area contributed by atoms with E-state index in [0.29, 0.717) is 18.2 Å². The van der Waals surface area contributed by atoms with Gasteiger partial charge in [0.25, 0.3) is 0 Å². The molecule has 1 aromatic rings. The van der Waals surface area contributed by atoms with Gasteiger partial charge in [0.05, 0.1) is 24.5 Å². The van der Waals surface area contributed by atoms with E-state index in [0.717, 1.165) is 6.20 Å². The first-order valence-corrected chi connectivity index (χ1v) is 6.88. The molecule has 0 unspecified atom stereocenters. The average molecular weight is 349 g/mol. The highest BCUT2D eigenvalue weighted by atomic mass is 19.4. The lowest BCUT2D eigenvalue weighted by molar-refractivity contribution is -0.146. The lowest BCUT2D eigenvalue weighted by atomic mass is 10.2. The molecule has 1 rings (SSSR count). The average Bonchev–Trinajstić information content (AvgIpc) is 2.48. The number of carbonyl (C=O) groups excluding carboxylic acids is 2. The van der Waals surface area contributed by atoms with Gasteiger partial charge in [-0.2, -0.15) is 13.2 Å². The number of hydrogen-bond acceptors (Lipinski definition) is 5. The third-order valence-corrected chi connectivity index (χ3v) is 2.66. The van der Waals surface area contributed by atoms with Crippen molar-refractivity contribution in [1.29, 1.82) is 0 Å². The van der Waals surface area contributed by atoms with Crippen molar-refractivity contribution in [1.82, 2.24) is 0 Å². The van der Waals surface area contributed by atoms with E-state index < -0.39 is 40.8 Å². The molecule has 0 amide bonds. The minimum Gasteiger partial charge on any atom is -0.462 e. The van der Waals surface area contributed by atoms with E-state index in [1.54, 1.807) is 0 Å². The molecule has 0 aliphatic carbocycles. The van der Waals surface area contributed by atoms with Crippen LogP contribution in [0.15, 0.2) is 30.0 Å². The van der Waals surface area contributed by atoms with Crippen LogP contribution in [0.25, 0.3) is 0 Å². The Kier molecular flexibility index (Phi) is 6.75. The lowest BCUT2D eigenvalue weighted by Crippen LogP contribution is -2.19. The molecule has 5 nitrogen and oxygen atoms in total. The second-order valence-electron chi connectivity index (χ2n) is 4.34. The number of benzene rings is 1. The summed E-state index contributed by atoms with van der Waals surface area (Å²) in [6, 6.07) is 1.70. The monoisotopic (exact) mass is 349 g/mol. The van der Waals surface area contributed by atoms with E-state index in [2.05, 4.69) is 14.8 Å². The standard InChI is InChI=1S/C15H15F4NO4/c1-3-23-13(21)10(14(22)24-4-2)8-20-12-7-9(15(17,18)19)5-6-11(12)16/h5-8,20H,3-4H2,1-2H3. The Morgan fingerprint density at radius 1 is 1.12 bits per heavy atom. The van der Waals surface area contributed by atoms with Gasteiger partial charge >= 0.3 is 18.1 Å². The Morgan fingerprint density at radius 2 is 1.67 bits per heavy atom. The molecule has 0 aliphatic rings. The van der Waals surface area contributed by atoms with Gasteiger partial charge in [-0.3, -0.25) is 0 Å². The number of carbonyl (C=O) groups is 2. The third kappa shape index (κ3) is 5.25. The number of ether oxygens (including phenoxy) is 2. The number of halogens is 4. The van der Waals surface area contributed by atoms with Gasteiger partial charge in [0.15, 0.2) is 5.57 Å². The van der Waals surface area contributed by atoms with Crippen LogP contribution >= 0.6 is 0 Å². The fourth-order valence-corrected chi connectivity index (χ4v) is 1.58. The molecule has 0 heterocycles. The number of nitrogens with one attached hydrogen (secondary N) is 1. The van der Waals surface area contributed by atoms with E-state index in [9.17, 15) is 27.2 Å². The summed E-state index contributed by atoms with van der Waals surface area (Å²) in [5, 5.41) is 2.17. The Labute approximate surface area is 135 Å². The fraction of sp³-hybridized carbons (Fsp3) is 0.333. The minimum atomic E-state index is -4.67. The van der Waals surface area contributed by atoms with Crippen molar-refractivity contribution in [3.63, 3.8) is 0 Å². The zero-order valence-electron chi connectivity index (χ0n) is 12.9. The van der Waals surface area contributed by atoms with Crippen LogP contribution in [0, 0.1) is 5.82 Å². The van der Waals surface area contributed by atoms with Crippen molar-refractivity contribution in [2.45, 2.75) is 20.0 Å². The number of alkyl halides is 3. The van der Waals surface area contributed by atoms with E-state index in [1.165, 1.54) is 13.8 Å². The van der Waals surface area contributed by atoms with Gasteiger partial charge in [-0.25, -0.2) is 14.0 Å². The predicted molar refractivity (Wildman–Crippen MR) is 76.4 cm³/mol. The molecule has 0 saturated heterocycles. The van der Waals surface area contributed by atoms with Crippen LogP contribution in [-0.2, 0) is 25.2 Å². The third-order valence-electron chi connectivity index (χ3n) is 2.66.